The Kier molecular flexibility index (Phi) is 13.4. The van der Waals surface area contributed by atoms with Gasteiger partial charge in [0.2, 0.25) is 6.79 Å². The Morgan fingerprint density at radius 1 is 0.750 bits per heavy atom. The van der Waals surface area contributed by atoms with Crippen molar-refractivity contribution >= 4 is 24.1 Å². The third-order valence-electron chi connectivity index (χ3n) is 5.40. The largest absolute Gasteiger partial charge is 0.445 e. The van der Waals surface area contributed by atoms with E-state index in [2.05, 4.69) is 10.6 Å². The SMILES string of the molecule is CC(C)(C)OC(=O)NC(Cc1ccccc1)C(=O)OCOC(=O)[C@H](CCCCN)NC(=O)OCc1ccccc1. The van der Waals surface area contributed by atoms with Crippen molar-refractivity contribution < 1.29 is 38.1 Å². The summed E-state index contributed by atoms with van der Waals surface area (Å²) in [5.41, 5.74) is 6.34. The summed E-state index contributed by atoms with van der Waals surface area (Å²) >= 11 is 0. The van der Waals surface area contributed by atoms with Gasteiger partial charge in [-0.1, -0.05) is 60.7 Å². The maximum atomic E-state index is 12.8. The molecule has 0 radical (unpaired) electrons. The summed E-state index contributed by atoms with van der Waals surface area (Å²) in [6, 6.07) is 16.0. The van der Waals surface area contributed by atoms with Crippen LogP contribution in [0.15, 0.2) is 60.7 Å². The zero-order valence-corrected chi connectivity index (χ0v) is 23.2. The maximum absolute atomic E-state index is 12.8. The molecule has 0 aliphatic carbocycles. The van der Waals surface area contributed by atoms with Gasteiger partial charge in [0.1, 0.15) is 24.3 Å². The van der Waals surface area contributed by atoms with Gasteiger partial charge >= 0.3 is 24.1 Å². The first-order chi connectivity index (χ1) is 19.1. The Bertz CT molecular complexity index is 1070. The molecular weight excluding hydrogens is 518 g/mol. The lowest BCUT2D eigenvalue weighted by Gasteiger charge is -2.23. The van der Waals surface area contributed by atoms with Crippen molar-refractivity contribution in [1.82, 2.24) is 10.6 Å². The molecule has 2 aromatic rings. The lowest BCUT2D eigenvalue weighted by Crippen LogP contribution is -2.46. The molecule has 40 heavy (non-hydrogen) atoms. The van der Waals surface area contributed by atoms with Crippen LogP contribution in [0.4, 0.5) is 9.59 Å². The van der Waals surface area contributed by atoms with Crippen LogP contribution in [0.25, 0.3) is 0 Å². The molecule has 4 N–H and O–H groups in total. The fraction of sp³-hybridized carbons (Fsp3) is 0.448. The van der Waals surface area contributed by atoms with Gasteiger partial charge in [-0.05, 0) is 57.7 Å². The summed E-state index contributed by atoms with van der Waals surface area (Å²) in [6.45, 7) is 4.84. The molecule has 0 bridgehead atoms. The van der Waals surface area contributed by atoms with E-state index in [1.165, 1.54) is 0 Å². The summed E-state index contributed by atoms with van der Waals surface area (Å²) in [5.74, 6) is -1.63. The number of nitrogens with two attached hydrogens (primary N) is 1. The molecule has 2 rings (SSSR count). The Hall–Kier alpha value is -4.12. The van der Waals surface area contributed by atoms with Crippen molar-refractivity contribution in [2.75, 3.05) is 13.3 Å². The average molecular weight is 558 g/mol. The zero-order chi connectivity index (χ0) is 29.4. The van der Waals surface area contributed by atoms with Crippen LogP contribution in [-0.2, 0) is 41.6 Å². The normalized spacial score (nSPS) is 12.4. The maximum Gasteiger partial charge on any atom is 0.408 e. The molecule has 0 aliphatic heterocycles. The molecular formula is C29H39N3O8. The average Bonchev–Trinajstić information content (AvgIpc) is 2.91. The number of ether oxygens (including phenoxy) is 4. The van der Waals surface area contributed by atoms with Crippen molar-refractivity contribution in [3.63, 3.8) is 0 Å². The molecule has 11 nitrogen and oxygen atoms in total. The highest BCUT2D eigenvalue weighted by Crippen LogP contribution is 2.10. The van der Waals surface area contributed by atoms with E-state index < -0.39 is 48.6 Å². The molecule has 0 aromatic heterocycles. The molecule has 11 heteroatoms. The minimum atomic E-state index is -1.10. The van der Waals surface area contributed by atoms with E-state index in [1.807, 2.05) is 24.3 Å². The number of esters is 2. The van der Waals surface area contributed by atoms with Crippen LogP contribution < -0.4 is 16.4 Å². The van der Waals surface area contributed by atoms with Gasteiger partial charge in [0.05, 0.1) is 0 Å². The van der Waals surface area contributed by atoms with Crippen LogP contribution >= 0.6 is 0 Å². The predicted molar refractivity (Wildman–Crippen MR) is 147 cm³/mol. The van der Waals surface area contributed by atoms with Crippen LogP contribution in [0, 0.1) is 0 Å². The first kappa shape index (κ1) is 32.1. The molecule has 0 fully saturated rings. The lowest BCUT2D eigenvalue weighted by molar-refractivity contribution is -0.170. The van der Waals surface area contributed by atoms with E-state index in [0.717, 1.165) is 11.1 Å². The van der Waals surface area contributed by atoms with Gasteiger partial charge in [0.25, 0.3) is 0 Å². The fourth-order valence-electron chi connectivity index (χ4n) is 3.49. The highest BCUT2D eigenvalue weighted by molar-refractivity contribution is 5.83. The van der Waals surface area contributed by atoms with Crippen molar-refractivity contribution in [2.24, 2.45) is 5.73 Å². The van der Waals surface area contributed by atoms with Crippen molar-refractivity contribution in [2.45, 2.75) is 70.7 Å². The number of hydrogen-bond acceptors (Lipinski definition) is 9. The van der Waals surface area contributed by atoms with Gasteiger partial charge in [-0.25, -0.2) is 19.2 Å². The van der Waals surface area contributed by atoms with Crippen molar-refractivity contribution in [1.29, 1.82) is 0 Å². The number of carbonyl (C=O) groups excluding carboxylic acids is 4. The predicted octanol–water partition coefficient (Wildman–Crippen LogP) is 3.59. The van der Waals surface area contributed by atoms with Gasteiger partial charge in [0, 0.05) is 6.42 Å². The number of nitrogens with one attached hydrogen (secondary N) is 2. The van der Waals surface area contributed by atoms with Gasteiger partial charge in [0.15, 0.2) is 0 Å². The van der Waals surface area contributed by atoms with Crippen LogP contribution in [0.1, 0.15) is 51.2 Å². The minimum absolute atomic E-state index is 0.0301. The molecule has 0 heterocycles. The Morgan fingerprint density at radius 3 is 1.88 bits per heavy atom. The second-order valence-electron chi connectivity index (χ2n) is 9.98. The summed E-state index contributed by atoms with van der Waals surface area (Å²) in [4.78, 5) is 50.2. The number of benzene rings is 2. The minimum Gasteiger partial charge on any atom is -0.445 e. The molecule has 218 valence electrons. The summed E-state index contributed by atoms with van der Waals surface area (Å²) in [6.07, 6.45) is -0.0177. The van der Waals surface area contributed by atoms with E-state index in [4.69, 9.17) is 24.7 Å². The second kappa shape index (κ2) is 16.8. The molecule has 1 unspecified atom stereocenters. The molecule has 2 aromatic carbocycles. The third-order valence-corrected chi connectivity index (χ3v) is 5.40. The monoisotopic (exact) mass is 557 g/mol. The third kappa shape index (κ3) is 13.1. The van der Waals surface area contributed by atoms with Crippen LogP contribution in [0.3, 0.4) is 0 Å². The number of rotatable bonds is 14. The van der Waals surface area contributed by atoms with Gasteiger partial charge in [-0.15, -0.1) is 0 Å². The highest BCUT2D eigenvalue weighted by atomic mass is 16.7. The first-order valence-corrected chi connectivity index (χ1v) is 13.1. The number of unbranched alkanes of at least 4 members (excludes halogenated alkanes) is 1. The number of carbonyl (C=O) groups is 4. The van der Waals surface area contributed by atoms with Gasteiger partial charge < -0.3 is 35.3 Å². The Morgan fingerprint density at radius 2 is 1.30 bits per heavy atom. The smallest absolute Gasteiger partial charge is 0.408 e. The number of alkyl carbamates (subject to hydrolysis) is 2. The van der Waals surface area contributed by atoms with E-state index in [-0.39, 0.29) is 19.4 Å². The van der Waals surface area contributed by atoms with Crippen LogP contribution in [0.5, 0.6) is 0 Å². The first-order valence-electron chi connectivity index (χ1n) is 13.1. The van der Waals surface area contributed by atoms with Gasteiger partial charge in [-0.2, -0.15) is 0 Å². The second-order valence-corrected chi connectivity index (χ2v) is 9.98. The number of amides is 2. The van der Waals surface area contributed by atoms with Gasteiger partial charge in [-0.3, -0.25) is 0 Å². The molecule has 0 spiro atoms. The van der Waals surface area contributed by atoms with E-state index in [1.54, 1.807) is 57.2 Å². The molecule has 0 saturated heterocycles. The summed E-state index contributed by atoms with van der Waals surface area (Å²) < 4.78 is 20.7. The molecule has 2 atom stereocenters. The topological polar surface area (TPSA) is 155 Å². The molecule has 0 saturated carbocycles. The Labute approximate surface area is 234 Å². The van der Waals surface area contributed by atoms with Crippen LogP contribution in [-0.4, -0.2) is 55.1 Å². The Balaban J connectivity index is 1.94. The summed E-state index contributed by atoms with van der Waals surface area (Å²) in [7, 11) is 0. The van der Waals surface area contributed by atoms with Crippen molar-refractivity contribution in [3.05, 3.63) is 71.8 Å². The highest BCUT2D eigenvalue weighted by Gasteiger charge is 2.27. The summed E-state index contributed by atoms with van der Waals surface area (Å²) in [5, 5.41) is 5.01. The fourth-order valence-corrected chi connectivity index (χ4v) is 3.49. The van der Waals surface area contributed by atoms with Crippen molar-refractivity contribution in [3.8, 4) is 0 Å². The van der Waals surface area contributed by atoms with Crippen LogP contribution in [0.2, 0.25) is 0 Å². The standard InChI is InChI=1S/C29H39N3O8/c1-29(2,3)40-28(36)32-24(18-21-12-6-4-7-13-21)26(34)39-20-38-25(33)23(16-10-11-17-30)31-27(35)37-19-22-14-8-5-9-15-22/h4-9,12-15,23-24H,10-11,16-20,30H2,1-3H3,(H,31,35)(H,32,36)/t23-,24?/m0/s1. The van der Waals surface area contributed by atoms with E-state index in [9.17, 15) is 19.2 Å². The van der Waals surface area contributed by atoms with E-state index >= 15 is 0 Å². The zero-order valence-electron chi connectivity index (χ0n) is 23.2. The molecule has 0 aliphatic rings. The molecule has 2 amide bonds. The lowest BCUT2D eigenvalue weighted by atomic mass is 10.1. The van der Waals surface area contributed by atoms with E-state index in [0.29, 0.717) is 19.4 Å². The number of hydrogen-bond donors (Lipinski definition) is 3. The quantitative estimate of drug-likeness (QED) is 0.137.